The van der Waals surface area contributed by atoms with Crippen LogP contribution in [0, 0.1) is 0 Å². The molecule has 4 rings (SSSR count). The highest BCUT2D eigenvalue weighted by Gasteiger charge is 2.15. The van der Waals surface area contributed by atoms with Crippen molar-refractivity contribution in [1.82, 2.24) is 15.0 Å². The van der Waals surface area contributed by atoms with E-state index in [-0.39, 0.29) is 17.1 Å². The maximum absolute atomic E-state index is 13.3. The molecule has 0 saturated carbocycles. The minimum atomic E-state index is -0.402. The second-order valence-corrected chi connectivity index (χ2v) is 8.40. The van der Waals surface area contributed by atoms with E-state index in [9.17, 15) is 14.7 Å². The highest BCUT2D eigenvalue weighted by Crippen LogP contribution is 2.28. The summed E-state index contributed by atoms with van der Waals surface area (Å²) in [6.07, 6.45) is 1.34. The van der Waals surface area contributed by atoms with Gasteiger partial charge in [-0.2, -0.15) is 5.10 Å². The van der Waals surface area contributed by atoms with Crippen LogP contribution in [-0.4, -0.2) is 46.2 Å². The number of carbonyl (C=O) groups excluding carboxylic acids is 1. The van der Waals surface area contributed by atoms with Gasteiger partial charge in [0.2, 0.25) is 0 Å². The van der Waals surface area contributed by atoms with Gasteiger partial charge in [-0.3, -0.25) is 14.2 Å². The van der Waals surface area contributed by atoms with E-state index >= 15 is 0 Å². The maximum Gasteiger partial charge on any atom is 0.266 e. The van der Waals surface area contributed by atoms with Crippen molar-refractivity contribution in [3.63, 3.8) is 0 Å². The fourth-order valence-electron chi connectivity index (χ4n) is 3.42. The van der Waals surface area contributed by atoms with Crippen molar-refractivity contribution in [3.8, 4) is 22.9 Å². The number of aromatic hydroxyl groups is 1. The van der Waals surface area contributed by atoms with Crippen molar-refractivity contribution >= 4 is 34.8 Å². The molecule has 3 aromatic carbocycles. The van der Waals surface area contributed by atoms with Crippen LogP contribution in [0.15, 0.2) is 81.8 Å². The number of phenolic OH excluding ortho intramolecular Hbond substituents is 1. The van der Waals surface area contributed by atoms with E-state index in [1.54, 1.807) is 73.8 Å². The molecular formula is C26H24N4O5S. The Morgan fingerprint density at radius 1 is 1.14 bits per heavy atom. The molecule has 1 amide bonds. The molecule has 0 saturated heterocycles. The molecule has 10 heteroatoms. The summed E-state index contributed by atoms with van der Waals surface area (Å²) < 4.78 is 12.0. The molecule has 4 aromatic rings. The fourth-order valence-corrected chi connectivity index (χ4v) is 4.22. The van der Waals surface area contributed by atoms with Gasteiger partial charge >= 0.3 is 0 Å². The summed E-state index contributed by atoms with van der Waals surface area (Å²) in [4.78, 5) is 30.4. The van der Waals surface area contributed by atoms with Crippen molar-refractivity contribution in [3.05, 3.63) is 82.6 Å². The Bertz CT molecular complexity index is 1470. The van der Waals surface area contributed by atoms with Crippen molar-refractivity contribution in [2.45, 2.75) is 12.1 Å². The lowest BCUT2D eigenvalue weighted by molar-refractivity contribution is -0.118. The fraction of sp³-hybridized carbons (Fsp3) is 0.154. The second-order valence-electron chi connectivity index (χ2n) is 7.46. The van der Waals surface area contributed by atoms with Crippen molar-refractivity contribution < 1.29 is 19.4 Å². The van der Waals surface area contributed by atoms with E-state index in [1.165, 1.54) is 10.8 Å². The number of aromatic nitrogens is 2. The van der Waals surface area contributed by atoms with Crippen LogP contribution in [0.5, 0.6) is 17.2 Å². The molecule has 9 nitrogen and oxygen atoms in total. The molecule has 184 valence electrons. The summed E-state index contributed by atoms with van der Waals surface area (Å²) >= 11 is 1.11. The third kappa shape index (κ3) is 5.49. The Hall–Kier alpha value is -4.31. The lowest BCUT2D eigenvalue weighted by atomic mass is 10.2. The molecule has 2 N–H and O–H groups in total. The summed E-state index contributed by atoms with van der Waals surface area (Å²) in [6.45, 7) is 2.23. The SMILES string of the molecule is CCOc1cccc(/C=N/NC(=O)CSc2nc3ccccc3c(=O)n2-c2ccc(OC)cc2)c1O. The largest absolute Gasteiger partial charge is 0.504 e. The molecule has 36 heavy (non-hydrogen) atoms. The van der Waals surface area contributed by atoms with E-state index in [2.05, 4.69) is 15.5 Å². The molecule has 0 bridgehead atoms. The van der Waals surface area contributed by atoms with Gasteiger partial charge in [-0.15, -0.1) is 0 Å². The van der Waals surface area contributed by atoms with E-state index in [0.717, 1.165) is 11.8 Å². The molecule has 0 fully saturated rings. The Morgan fingerprint density at radius 3 is 2.67 bits per heavy atom. The maximum atomic E-state index is 13.3. The molecular weight excluding hydrogens is 480 g/mol. The number of thioether (sulfide) groups is 1. The molecule has 0 aliphatic heterocycles. The molecule has 1 aromatic heterocycles. The van der Waals surface area contributed by atoms with Crippen LogP contribution in [0.1, 0.15) is 12.5 Å². The first kappa shape index (κ1) is 24.8. The molecule has 0 unspecified atom stereocenters. The molecule has 0 aliphatic rings. The summed E-state index contributed by atoms with van der Waals surface area (Å²) in [7, 11) is 1.57. The quantitative estimate of drug-likeness (QED) is 0.154. The zero-order valence-electron chi connectivity index (χ0n) is 19.7. The first-order valence-corrected chi connectivity index (χ1v) is 12.1. The van der Waals surface area contributed by atoms with Crippen LogP contribution in [-0.2, 0) is 4.79 Å². The van der Waals surface area contributed by atoms with Gasteiger partial charge < -0.3 is 14.6 Å². The minimum absolute atomic E-state index is 0.0384. The normalized spacial score (nSPS) is 11.1. The van der Waals surface area contributed by atoms with Gasteiger partial charge in [-0.1, -0.05) is 30.0 Å². The zero-order chi connectivity index (χ0) is 25.5. The summed E-state index contributed by atoms with van der Waals surface area (Å²) in [6, 6.07) is 19.1. The number of hydrogen-bond donors (Lipinski definition) is 2. The van der Waals surface area contributed by atoms with Crippen molar-refractivity contribution in [2.75, 3.05) is 19.5 Å². The Kier molecular flexibility index (Phi) is 7.86. The van der Waals surface area contributed by atoms with Gasteiger partial charge in [-0.25, -0.2) is 10.4 Å². The van der Waals surface area contributed by atoms with Crippen LogP contribution in [0.3, 0.4) is 0 Å². The van der Waals surface area contributed by atoms with Gasteiger partial charge in [0.15, 0.2) is 16.7 Å². The lowest BCUT2D eigenvalue weighted by Gasteiger charge is -2.13. The summed E-state index contributed by atoms with van der Waals surface area (Å²) in [5.41, 5.74) is 3.74. The van der Waals surface area contributed by atoms with E-state index in [0.29, 0.717) is 45.4 Å². The zero-order valence-corrected chi connectivity index (χ0v) is 20.5. The summed E-state index contributed by atoms with van der Waals surface area (Å²) in [5, 5.41) is 15.0. The Balaban J connectivity index is 1.53. The van der Waals surface area contributed by atoms with Crippen LogP contribution < -0.4 is 20.5 Å². The molecule has 0 radical (unpaired) electrons. The predicted molar refractivity (Wildman–Crippen MR) is 140 cm³/mol. The van der Waals surface area contributed by atoms with Crippen LogP contribution in [0.2, 0.25) is 0 Å². The molecule has 0 atom stereocenters. The first-order chi connectivity index (χ1) is 17.5. The van der Waals surface area contributed by atoms with E-state index in [1.807, 2.05) is 6.92 Å². The number of amides is 1. The van der Waals surface area contributed by atoms with Crippen molar-refractivity contribution in [2.24, 2.45) is 5.10 Å². The number of rotatable bonds is 9. The highest BCUT2D eigenvalue weighted by atomic mass is 32.2. The topological polar surface area (TPSA) is 115 Å². The number of ether oxygens (including phenoxy) is 2. The van der Waals surface area contributed by atoms with Gasteiger partial charge in [0.25, 0.3) is 11.5 Å². The Labute approximate surface area is 211 Å². The average molecular weight is 505 g/mol. The number of phenols is 1. The predicted octanol–water partition coefficient (Wildman–Crippen LogP) is 3.74. The monoisotopic (exact) mass is 504 g/mol. The number of carbonyl (C=O) groups is 1. The number of hydrazone groups is 1. The van der Waals surface area contributed by atoms with Gasteiger partial charge in [-0.05, 0) is 55.5 Å². The molecule has 0 aliphatic carbocycles. The minimum Gasteiger partial charge on any atom is -0.504 e. The molecule has 0 spiro atoms. The summed E-state index contributed by atoms with van der Waals surface area (Å²) in [5.74, 6) is 0.492. The van der Waals surface area contributed by atoms with Gasteiger partial charge in [0.1, 0.15) is 5.75 Å². The van der Waals surface area contributed by atoms with Gasteiger partial charge in [0.05, 0.1) is 42.3 Å². The lowest BCUT2D eigenvalue weighted by Crippen LogP contribution is -2.24. The number of nitrogens with zero attached hydrogens (tertiary/aromatic N) is 3. The van der Waals surface area contributed by atoms with E-state index in [4.69, 9.17) is 9.47 Å². The highest BCUT2D eigenvalue weighted by molar-refractivity contribution is 7.99. The molecule has 1 heterocycles. The average Bonchev–Trinajstić information content (AvgIpc) is 2.90. The van der Waals surface area contributed by atoms with Gasteiger partial charge in [0, 0.05) is 5.56 Å². The number of benzene rings is 3. The van der Waals surface area contributed by atoms with E-state index < -0.39 is 5.91 Å². The second kappa shape index (κ2) is 11.4. The number of fused-ring (bicyclic) bond motifs is 1. The third-order valence-corrected chi connectivity index (χ3v) is 6.07. The van der Waals surface area contributed by atoms with Crippen LogP contribution in [0.4, 0.5) is 0 Å². The number of hydrogen-bond acceptors (Lipinski definition) is 8. The number of methoxy groups -OCH3 is 1. The van der Waals surface area contributed by atoms with Crippen molar-refractivity contribution in [1.29, 1.82) is 0 Å². The Morgan fingerprint density at radius 2 is 1.92 bits per heavy atom. The third-order valence-electron chi connectivity index (χ3n) is 5.13. The van der Waals surface area contributed by atoms with Crippen LogP contribution in [0.25, 0.3) is 16.6 Å². The smallest absolute Gasteiger partial charge is 0.266 e. The number of nitrogens with one attached hydrogen (secondary N) is 1. The van der Waals surface area contributed by atoms with Crippen LogP contribution >= 0.6 is 11.8 Å². The standard InChI is InChI=1S/C26H24N4O5S/c1-3-35-22-10-6-7-17(24(22)32)15-27-29-23(31)16-36-26-28-21-9-5-4-8-20(21)25(33)30(26)18-11-13-19(34-2)14-12-18/h4-15,32H,3,16H2,1-2H3,(H,29,31)/b27-15+. The number of para-hydroxylation sites is 2. The first-order valence-electron chi connectivity index (χ1n) is 11.1.